The molecule has 1 unspecified atom stereocenters. The molecule has 9 heteroatoms. The van der Waals surface area contributed by atoms with E-state index in [-0.39, 0.29) is 16.4 Å². The predicted molar refractivity (Wildman–Crippen MR) is 114 cm³/mol. The third-order valence-corrected chi connectivity index (χ3v) is 5.57. The lowest BCUT2D eigenvalue weighted by atomic mass is 10.1. The van der Waals surface area contributed by atoms with Crippen LogP contribution in [0.2, 0.25) is 0 Å². The van der Waals surface area contributed by atoms with E-state index in [0.717, 1.165) is 34.4 Å². The third-order valence-electron chi connectivity index (χ3n) is 4.59. The summed E-state index contributed by atoms with van der Waals surface area (Å²) in [5.41, 5.74) is 1.80. The minimum absolute atomic E-state index is 0.229. The van der Waals surface area contributed by atoms with Gasteiger partial charge >= 0.3 is 0 Å². The van der Waals surface area contributed by atoms with Gasteiger partial charge in [-0.3, -0.25) is 14.9 Å². The zero-order valence-electron chi connectivity index (χ0n) is 16.3. The van der Waals surface area contributed by atoms with Crippen LogP contribution < -0.4 is 15.0 Å². The first-order valence-corrected chi connectivity index (χ1v) is 10.3. The molecule has 1 aliphatic heterocycles. The first-order valence-electron chi connectivity index (χ1n) is 9.39. The molecule has 0 aliphatic carbocycles. The number of carbonyl (C=O) groups is 2. The molecule has 0 bridgehead atoms. The lowest BCUT2D eigenvalue weighted by Crippen LogP contribution is -2.25. The molecule has 0 radical (unpaired) electrons. The van der Waals surface area contributed by atoms with Crippen LogP contribution in [0, 0.1) is 0 Å². The summed E-state index contributed by atoms with van der Waals surface area (Å²) in [6, 6.07) is 11.2. The number of nitrogens with one attached hydrogen (secondary N) is 1. The molecule has 154 valence electrons. The van der Waals surface area contributed by atoms with E-state index in [1.165, 1.54) is 0 Å². The predicted octanol–water partition coefficient (Wildman–Crippen LogP) is 3.15. The van der Waals surface area contributed by atoms with E-state index >= 15 is 0 Å². The van der Waals surface area contributed by atoms with Crippen LogP contribution in [0.5, 0.6) is 5.75 Å². The molecule has 4 rings (SSSR count). The Labute approximate surface area is 177 Å². The summed E-state index contributed by atoms with van der Waals surface area (Å²) in [6.45, 7) is 1.08. The van der Waals surface area contributed by atoms with Crippen molar-refractivity contribution in [3.8, 4) is 17.1 Å². The van der Waals surface area contributed by atoms with Gasteiger partial charge in [0, 0.05) is 19.4 Å². The number of rotatable bonds is 8. The molecule has 2 amide bonds. The number of benzene rings is 1. The molecular weight excluding hydrogens is 404 g/mol. The summed E-state index contributed by atoms with van der Waals surface area (Å²) < 4.78 is 11.1. The van der Waals surface area contributed by atoms with Crippen molar-refractivity contribution in [3.63, 3.8) is 0 Å². The number of carbonyl (C=O) groups excluding carboxylic acids is 2. The van der Waals surface area contributed by atoms with Gasteiger partial charge in [-0.25, -0.2) is 9.97 Å². The number of amides is 2. The minimum atomic E-state index is -0.364. The highest BCUT2D eigenvalue weighted by Crippen LogP contribution is 2.24. The Morgan fingerprint density at radius 3 is 2.57 bits per heavy atom. The van der Waals surface area contributed by atoms with Crippen LogP contribution in [0.4, 0.5) is 10.7 Å². The van der Waals surface area contributed by atoms with Crippen LogP contribution >= 0.6 is 11.8 Å². The van der Waals surface area contributed by atoms with Gasteiger partial charge in [-0.1, -0.05) is 23.9 Å². The summed E-state index contributed by atoms with van der Waals surface area (Å²) in [4.78, 5) is 33.6. The van der Waals surface area contributed by atoms with E-state index < -0.39 is 0 Å². The molecule has 1 aromatic carbocycles. The van der Waals surface area contributed by atoms with Crippen LogP contribution in [0.3, 0.4) is 0 Å². The van der Waals surface area contributed by atoms with E-state index in [0.29, 0.717) is 25.5 Å². The van der Waals surface area contributed by atoms with Gasteiger partial charge in [0.1, 0.15) is 18.1 Å². The average Bonchev–Trinajstić information content (AvgIpc) is 3.39. The fraction of sp³-hybridized carbons (Fsp3) is 0.238. The Morgan fingerprint density at radius 2 is 1.93 bits per heavy atom. The van der Waals surface area contributed by atoms with Crippen LogP contribution in [0.15, 0.2) is 59.5 Å². The van der Waals surface area contributed by atoms with Gasteiger partial charge in [-0.15, -0.1) is 0 Å². The van der Waals surface area contributed by atoms with Crippen LogP contribution in [0.1, 0.15) is 5.56 Å². The van der Waals surface area contributed by atoms with Gasteiger partial charge < -0.3 is 14.1 Å². The molecule has 0 saturated carbocycles. The molecule has 1 N–H and O–H groups in total. The molecule has 1 aliphatic rings. The second-order valence-electron chi connectivity index (χ2n) is 6.75. The summed E-state index contributed by atoms with van der Waals surface area (Å²) in [5, 5.41) is 1.65. The highest BCUT2D eigenvalue weighted by Gasteiger charge is 2.31. The first-order chi connectivity index (χ1) is 14.6. The van der Waals surface area contributed by atoms with Crippen molar-refractivity contribution in [3.05, 3.63) is 60.6 Å². The number of hydrogen-bond donors (Lipinski definition) is 1. The van der Waals surface area contributed by atoms with Gasteiger partial charge in [-0.2, -0.15) is 0 Å². The molecular formula is C21H20N4O4S. The standard InChI is InChI=1S/C21H20N4O4S/c1-25(20-22-12-15(13-23-20)17-3-2-9-29-17)8-10-28-16-6-4-14(5-7-16)11-18-19(26)24-21(27)30-18/h2-7,9,12-13,18H,8,10-11H2,1H3,(H,24,26,27). The third kappa shape index (κ3) is 4.80. The van der Waals surface area contributed by atoms with E-state index in [9.17, 15) is 9.59 Å². The number of furan rings is 1. The fourth-order valence-electron chi connectivity index (χ4n) is 2.95. The van der Waals surface area contributed by atoms with Crippen LogP contribution in [-0.4, -0.2) is 46.6 Å². The molecule has 3 aromatic rings. The highest BCUT2D eigenvalue weighted by atomic mass is 32.2. The highest BCUT2D eigenvalue weighted by molar-refractivity contribution is 8.15. The Kier molecular flexibility index (Phi) is 5.99. The number of thioether (sulfide) groups is 1. The summed E-state index contributed by atoms with van der Waals surface area (Å²) >= 11 is 1.03. The van der Waals surface area contributed by atoms with Crippen molar-refractivity contribution >= 4 is 28.9 Å². The molecule has 30 heavy (non-hydrogen) atoms. The molecule has 1 fully saturated rings. The van der Waals surface area contributed by atoms with E-state index in [1.54, 1.807) is 18.7 Å². The average molecular weight is 424 g/mol. The fourth-order valence-corrected chi connectivity index (χ4v) is 3.81. The largest absolute Gasteiger partial charge is 0.492 e. The van der Waals surface area contributed by atoms with Crippen molar-refractivity contribution in [2.75, 3.05) is 25.1 Å². The van der Waals surface area contributed by atoms with Crippen LogP contribution in [0.25, 0.3) is 11.3 Å². The Bertz CT molecular complexity index is 1010. The normalized spacial score (nSPS) is 15.8. The number of aromatic nitrogens is 2. The topological polar surface area (TPSA) is 97.6 Å². The SMILES string of the molecule is CN(CCOc1ccc(CC2SC(=O)NC2=O)cc1)c1ncc(-c2ccco2)cn1. The lowest BCUT2D eigenvalue weighted by molar-refractivity contribution is -0.118. The monoisotopic (exact) mass is 424 g/mol. The second-order valence-corrected chi connectivity index (χ2v) is 7.93. The quantitative estimate of drug-likeness (QED) is 0.589. The zero-order chi connectivity index (χ0) is 20.9. The summed E-state index contributed by atoms with van der Waals surface area (Å²) in [7, 11) is 1.90. The molecule has 1 atom stereocenters. The number of hydrogen-bond acceptors (Lipinski definition) is 8. The van der Waals surface area contributed by atoms with E-state index in [1.807, 2.05) is 48.3 Å². The Balaban J connectivity index is 1.25. The van der Waals surface area contributed by atoms with Crippen molar-refractivity contribution in [1.29, 1.82) is 0 Å². The van der Waals surface area contributed by atoms with Gasteiger partial charge in [0.25, 0.3) is 5.24 Å². The number of anilines is 1. The smallest absolute Gasteiger partial charge is 0.286 e. The minimum Gasteiger partial charge on any atom is -0.492 e. The van der Waals surface area contributed by atoms with Crippen LogP contribution in [-0.2, 0) is 11.2 Å². The number of imide groups is 1. The Morgan fingerprint density at radius 1 is 1.17 bits per heavy atom. The van der Waals surface area contributed by atoms with Gasteiger partial charge in [0.2, 0.25) is 11.9 Å². The zero-order valence-corrected chi connectivity index (χ0v) is 17.1. The van der Waals surface area contributed by atoms with Crippen molar-refractivity contribution in [1.82, 2.24) is 15.3 Å². The number of likely N-dealkylation sites (N-methyl/N-ethyl adjacent to an activating group) is 1. The van der Waals surface area contributed by atoms with Crippen molar-refractivity contribution in [2.45, 2.75) is 11.7 Å². The van der Waals surface area contributed by atoms with Gasteiger partial charge in [0.05, 0.1) is 23.6 Å². The number of nitrogens with zero attached hydrogens (tertiary/aromatic N) is 3. The Hall–Kier alpha value is -3.33. The lowest BCUT2D eigenvalue weighted by Gasteiger charge is -2.17. The second kappa shape index (κ2) is 9.00. The summed E-state index contributed by atoms with van der Waals surface area (Å²) in [5.74, 6) is 1.84. The molecule has 0 spiro atoms. The van der Waals surface area contributed by atoms with E-state index in [2.05, 4.69) is 15.3 Å². The van der Waals surface area contributed by atoms with Gasteiger partial charge in [0.15, 0.2) is 0 Å². The number of ether oxygens (including phenoxy) is 1. The van der Waals surface area contributed by atoms with Gasteiger partial charge in [-0.05, 0) is 36.2 Å². The first kappa shape index (κ1) is 20.0. The summed E-state index contributed by atoms with van der Waals surface area (Å²) in [6.07, 6.45) is 5.59. The van der Waals surface area contributed by atoms with Crippen molar-refractivity contribution in [2.24, 2.45) is 0 Å². The maximum atomic E-state index is 11.7. The molecule has 8 nitrogen and oxygen atoms in total. The molecule has 1 saturated heterocycles. The van der Waals surface area contributed by atoms with Crippen molar-refractivity contribution < 1.29 is 18.7 Å². The molecule has 3 heterocycles. The van der Waals surface area contributed by atoms with E-state index in [4.69, 9.17) is 9.15 Å². The maximum absolute atomic E-state index is 11.7. The molecule has 2 aromatic heterocycles. The maximum Gasteiger partial charge on any atom is 0.286 e.